The molecule has 2 heterocycles. The van der Waals surface area contributed by atoms with E-state index in [9.17, 15) is 4.39 Å². The smallest absolute Gasteiger partial charge is 0.123 e. The Morgan fingerprint density at radius 1 is 0.923 bits per heavy atom. The lowest BCUT2D eigenvalue weighted by molar-refractivity contribution is 0.627. The maximum atomic E-state index is 13.3. The van der Waals surface area contributed by atoms with E-state index in [1.165, 1.54) is 17.0 Å². The number of rotatable bonds is 4. The van der Waals surface area contributed by atoms with Crippen LogP contribution >= 0.6 is 11.8 Å². The Labute approximate surface area is 155 Å². The largest absolute Gasteiger partial charge is 0.264 e. The predicted octanol–water partition coefficient (Wildman–Crippen LogP) is 5.46. The van der Waals surface area contributed by atoms with Gasteiger partial charge in [0, 0.05) is 28.4 Å². The van der Waals surface area contributed by atoms with Gasteiger partial charge >= 0.3 is 0 Å². The molecular formula is C21H16FN3S. The van der Waals surface area contributed by atoms with E-state index in [0.29, 0.717) is 0 Å². The number of hydrogen-bond acceptors (Lipinski definition) is 3. The highest BCUT2D eigenvalue weighted by Crippen LogP contribution is 2.29. The van der Waals surface area contributed by atoms with Gasteiger partial charge in [-0.15, -0.1) is 11.8 Å². The van der Waals surface area contributed by atoms with E-state index in [1.807, 2.05) is 22.9 Å². The van der Waals surface area contributed by atoms with E-state index in [2.05, 4.69) is 35.5 Å². The lowest BCUT2D eigenvalue weighted by Crippen LogP contribution is -1.99. The van der Waals surface area contributed by atoms with Gasteiger partial charge in [-0.05, 0) is 60.9 Å². The Balaban J connectivity index is 1.85. The van der Waals surface area contributed by atoms with Gasteiger partial charge in [-0.3, -0.25) is 4.98 Å². The molecule has 3 nitrogen and oxygen atoms in total. The monoisotopic (exact) mass is 361 g/mol. The van der Waals surface area contributed by atoms with Gasteiger partial charge in [-0.2, -0.15) is 5.10 Å². The number of hydrogen-bond donors (Lipinski definition) is 0. The first-order chi connectivity index (χ1) is 12.7. The molecule has 0 aliphatic heterocycles. The molecule has 0 unspecified atom stereocenters. The van der Waals surface area contributed by atoms with Crippen LogP contribution in [-0.4, -0.2) is 21.0 Å². The summed E-state index contributed by atoms with van der Waals surface area (Å²) in [7, 11) is 0. The van der Waals surface area contributed by atoms with Crippen LogP contribution in [0.4, 0.5) is 4.39 Å². The van der Waals surface area contributed by atoms with Crippen LogP contribution in [0, 0.1) is 5.82 Å². The molecule has 4 rings (SSSR count). The summed E-state index contributed by atoms with van der Waals surface area (Å²) < 4.78 is 15.2. The van der Waals surface area contributed by atoms with Gasteiger partial charge < -0.3 is 0 Å². The summed E-state index contributed by atoms with van der Waals surface area (Å²) in [5.41, 5.74) is 4.57. The Hall–Kier alpha value is -2.92. The van der Waals surface area contributed by atoms with Crippen molar-refractivity contribution in [1.29, 1.82) is 0 Å². The van der Waals surface area contributed by atoms with Gasteiger partial charge in [0.1, 0.15) is 5.82 Å². The van der Waals surface area contributed by atoms with E-state index in [0.717, 1.165) is 28.2 Å². The van der Waals surface area contributed by atoms with Crippen molar-refractivity contribution in [3.63, 3.8) is 0 Å². The molecule has 2 aromatic heterocycles. The second-order valence-corrected chi connectivity index (χ2v) is 6.65. The molecule has 26 heavy (non-hydrogen) atoms. The average Bonchev–Trinajstić information content (AvgIpc) is 3.15. The van der Waals surface area contributed by atoms with Crippen LogP contribution in [-0.2, 0) is 0 Å². The number of pyridine rings is 1. The van der Waals surface area contributed by atoms with Gasteiger partial charge in [0.2, 0.25) is 0 Å². The lowest BCUT2D eigenvalue weighted by atomic mass is 10.1. The van der Waals surface area contributed by atoms with Crippen LogP contribution < -0.4 is 0 Å². The zero-order chi connectivity index (χ0) is 17.9. The van der Waals surface area contributed by atoms with Crippen molar-refractivity contribution >= 4 is 11.8 Å². The molecule has 0 atom stereocenters. The van der Waals surface area contributed by atoms with Crippen LogP contribution in [0.15, 0.2) is 84.0 Å². The molecule has 128 valence electrons. The van der Waals surface area contributed by atoms with Crippen LogP contribution in [0.2, 0.25) is 0 Å². The Morgan fingerprint density at radius 2 is 1.69 bits per heavy atom. The molecule has 4 aromatic rings. The zero-order valence-corrected chi connectivity index (χ0v) is 14.9. The highest BCUT2D eigenvalue weighted by Gasteiger charge is 2.13. The number of halogens is 1. The van der Waals surface area contributed by atoms with Gasteiger partial charge in [0.25, 0.3) is 0 Å². The second-order valence-electron chi connectivity index (χ2n) is 5.77. The molecule has 0 aliphatic carbocycles. The number of benzene rings is 2. The summed E-state index contributed by atoms with van der Waals surface area (Å²) in [6, 6.07) is 20.6. The highest BCUT2D eigenvalue weighted by molar-refractivity contribution is 7.98. The minimum Gasteiger partial charge on any atom is -0.264 e. The highest BCUT2D eigenvalue weighted by atomic mass is 32.2. The molecule has 0 saturated carbocycles. The van der Waals surface area contributed by atoms with E-state index in [1.54, 1.807) is 36.3 Å². The first kappa shape index (κ1) is 16.5. The minimum atomic E-state index is -0.267. The maximum absolute atomic E-state index is 13.3. The SMILES string of the molecule is CSc1ccc(-c2cc(-c3cccnc3)n(-c3ccc(F)cc3)n2)cc1. The van der Waals surface area contributed by atoms with Crippen molar-refractivity contribution in [2.45, 2.75) is 4.90 Å². The fourth-order valence-electron chi connectivity index (χ4n) is 2.78. The number of aromatic nitrogens is 3. The van der Waals surface area contributed by atoms with Crippen molar-refractivity contribution in [2.24, 2.45) is 0 Å². The molecule has 0 radical (unpaired) electrons. The standard InChI is InChI=1S/C21H16FN3S/c1-26-19-10-4-15(5-11-19)20-13-21(16-3-2-12-23-14-16)25(24-20)18-8-6-17(22)7-9-18/h2-14H,1H3. The molecular weight excluding hydrogens is 345 g/mol. The van der Waals surface area contributed by atoms with E-state index < -0.39 is 0 Å². The van der Waals surface area contributed by atoms with Gasteiger partial charge in [-0.25, -0.2) is 9.07 Å². The normalized spacial score (nSPS) is 10.8. The third kappa shape index (κ3) is 3.26. The van der Waals surface area contributed by atoms with Crippen LogP contribution in [0.5, 0.6) is 0 Å². The first-order valence-corrected chi connectivity index (χ1v) is 9.38. The Morgan fingerprint density at radius 3 is 2.35 bits per heavy atom. The average molecular weight is 361 g/mol. The molecule has 0 N–H and O–H groups in total. The molecule has 0 saturated heterocycles. The number of nitrogens with zero attached hydrogens (tertiary/aromatic N) is 3. The minimum absolute atomic E-state index is 0.267. The number of thioether (sulfide) groups is 1. The summed E-state index contributed by atoms with van der Waals surface area (Å²) in [5.74, 6) is -0.267. The quantitative estimate of drug-likeness (QED) is 0.452. The Bertz CT molecular complexity index is 1010. The molecule has 0 aliphatic rings. The molecule has 0 spiro atoms. The molecule has 0 bridgehead atoms. The zero-order valence-electron chi connectivity index (χ0n) is 14.1. The van der Waals surface area contributed by atoms with Crippen molar-refractivity contribution in [3.05, 3.63) is 84.9 Å². The van der Waals surface area contributed by atoms with Crippen LogP contribution in [0.1, 0.15) is 0 Å². The third-order valence-electron chi connectivity index (χ3n) is 4.12. The third-order valence-corrected chi connectivity index (χ3v) is 4.87. The van der Waals surface area contributed by atoms with Gasteiger partial charge in [0.15, 0.2) is 0 Å². The summed E-state index contributed by atoms with van der Waals surface area (Å²) in [6.07, 6.45) is 5.60. The molecule has 5 heteroatoms. The van der Waals surface area contributed by atoms with Crippen molar-refractivity contribution in [1.82, 2.24) is 14.8 Å². The summed E-state index contributed by atoms with van der Waals surface area (Å²) in [6.45, 7) is 0. The molecule has 2 aromatic carbocycles. The van der Waals surface area contributed by atoms with Crippen molar-refractivity contribution in [3.8, 4) is 28.2 Å². The fraction of sp³-hybridized carbons (Fsp3) is 0.0476. The van der Waals surface area contributed by atoms with E-state index >= 15 is 0 Å². The fourth-order valence-corrected chi connectivity index (χ4v) is 3.19. The van der Waals surface area contributed by atoms with Gasteiger partial charge in [0.05, 0.1) is 17.1 Å². The first-order valence-electron chi connectivity index (χ1n) is 8.15. The predicted molar refractivity (Wildman–Crippen MR) is 104 cm³/mol. The molecule has 0 amide bonds. The topological polar surface area (TPSA) is 30.7 Å². The second kappa shape index (κ2) is 7.14. The lowest BCUT2D eigenvalue weighted by Gasteiger charge is -2.07. The van der Waals surface area contributed by atoms with E-state index in [4.69, 9.17) is 5.10 Å². The summed E-state index contributed by atoms with van der Waals surface area (Å²) >= 11 is 1.71. The summed E-state index contributed by atoms with van der Waals surface area (Å²) in [5, 5.41) is 4.77. The molecule has 0 fully saturated rings. The van der Waals surface area contributed by atoms with E-state index in [-0.39, 0.29) is 5.82 Å². The maximum Gasteiger partial charge on any atom is 0.123 e. The van der Waals surface area contributed by atoms with Crippen molar-refractivity contribution in [2.75, 3.05) is 6.26 Å². The van der Waals surface area contributed by atoms with Gasteiger partial charge in [-0.1, -0.05) is 12.1 Å². The van der Waals surface area contributed by atoms with Crippen molar-refractivity contribution < 1.29 is 4.39 Å². The Kier molecular flexibility index (Phi) is 4.54. The van der Waals surface area contributed by atoms with Crippen LogP contribution in [0.25, 0.3) is 28.2 Å². The summed E-state index contributed by atoms with van der Waals surface area (Å²) in [4.78, 5) is 5.42. The van der Waals surface area contributed by atoms with Crippen LogP contribution in [0.3, 0.4) is 0 Å².